The van der Waals surface area contributed by atoms with E-state index in [9.17, 15) is 0 Å². The average Bonchev–Trinajstić information content (AvgIpc) is 2.34. The molecule has 20 heavy (non-hydrogen) atoms. The van der Waals surface area contributed by atoms with Crippen molar-refractivity contribution in [1.82, 2.24) is 4.98 Å². The topological polar surface area (TPSA) is 48.1 Å². The number of methoxy groups -OCH3 is 1. The second-order valence-corrected chi connectivity index (χ2v) is 6.88. The van der Waals surface area contributed by atoms with Crippen LogP contribution >= 0.6 is 0 Å². The van der Waals surface area contributed by atoms with Gasteiger partial charge in [0.05, 0.1) is 7.11 Å². The van der Waals surface area contributed by atoms with E-state index in [2.05, 4.69) is 32.9 Å². The Labute approximate surface area is 121 Å². The Kier molecular flexibility index (Phi) is 3.51. The molecule has 0 bridgehead atoms. The van der Waals surface area contributed by atoms with Gasteiger partial charge in [-0.3, -0.25) is 0 Å². The molecule has 3 heteroatoms. The van der Waals surface area contributed by atoms with E-state index in [4.69, 9.17) is 15.5 Å². The van der Waals surface area contributed by atoms with Gasteiger partial charge in [-0.1, -0.05) is 32.9 Å². The first-order chi connectivity index (χ1) is 9.14. The number of hydrogen-bond donors (Lipinski definition) is 1. The maximum atomic E-state index is 6.36. The third kappa shape index (κ3) is 2.63. The third-order valence-electron chi connectivity index (χ3n) is 3.48. The molecule has 1 heterocycles. The fourth-order valence-electron chi connectivity index (χ4n) is 2.30. The molecule has 0 saturated heterocycles. The van der Waals surface area contributed by atoms with Crippen LogP contribution < -0.4 is 10.5 Å². The molecule has 0 amide bonds. The van der Waals surface area contributed by atoms with Crippen LogP contribution in [0.2, 0.25) is 0 Å². The Bertz CT molecular complexity index is 634. The number of hydrogen-bond acceptors (Lipinski definition) is 3. The zero-order valence-electron chi connectivity index (χ0n) is 13.2. The number of nitrogens with zero attached hydrogens (tertiary/aromatic N) is 1. The van der Waals surface area contributed by atoms with Crippen LogP contribution in [0.25, 0.3) is 10.9 Å². The Morgan fingerprint density at radius 2 is 1.75 bits per heavy atom. The molecule has 108 valence electrons. The van der Waals surface area contributed by atoms with Crippen LogP contribution in [0.5, 0.6) is 5.75 Å². The van der Waals surface area contributed by atoms with Gasteiger partial charge in [-0.05, 0) is 31.5 Å². The quantitative estimate of drug-likeness (QED) is 0.906. The first-order valence-electron chi connectivity index (χ1n) is 6.92. The highest BCUT2D eigenvalue weighted by Crippen LogP contribution is 2.34. The van der Waals surface area contributed by atoms with Crippen molar-refractivity contribution in [3.63, 3.8) is 0 Å². The fraction of sp³-hybridized carbons (Fsp3) is 0.471. The molecule has 2 aromatic rings. The molecule has 0 aliphatic heterocycles. The molecular formula is C17H24N2O. The van der Waals surface area contributed by atoms with E-state index in [-0.39, 0.29) is 5.41 Å². The van der Waals surface area contributed by atoms with Crippen LogP contribution in [0.15, 0.2) is 24.3 Å². The maximum Gasteiger partial charge on any atom is 0.145 e. The standard InChI is InChI=1S/C17H24N2O/c1-16(2,3)14-10-12(17(4,5)18)11-8-7-9-13(20-6)15(11)19-14/h7-10H,18H2,1-6H3. The Hall–Kier alpha value is -1.61. The summed E-state index contributed by atoms with van der Waals surface area (Å²) in [6.07, 6.45) is 0. The lowest BCUT2D eigenvalue weighted by atomic mass is 9.85. The zero-order chi connectivity index (χ0) is 15.1. The normalized spacial score (nSPS) is 12.8. The van der Waals surface area contributed by atoms with Crippen LogP contribution in [-0.4, -0.2) is 12.1 Å². The Balaban J connectivity index is 2.89. The number of ether oxygens (including phenoxy) is 1. The van der Waals surface area contributed by atoms with Gasteiger partial charge in [-0.25, -0.2) is 4.98 Å². The zero-order valence-corrected chi connectivity index (χ0v) is 13.2. The minimum absolute atomic E-state index is 0.0327. The summed E-state index contributed by atoms with van der Waals surface area (Å²) >= 11 is 0. The summed E-state index contributed by atoms with van der Waals surface area (Å²) in [5.41, 5.74) is 8.92. The van der Waals surface area contributed by atoms with E-state index in [1.807, 2.05) is 26.0 Å². The van der Waals surface area contributed by atoms with Gasteiger partial charge in [-0.15, -0.1) is 0 Å². The second kappa shape index (κ2) is 4.74. The third-order valence-corrected chi connectivity index (χ3v) is 3.48. The molecule has 0 aliphatic carbocycles. The molecule has 0 aliphatic rings. The molecular weight excluding hydrogens is 248 g/mol. The molecule has 1 aromatic carbocycles. The van der Waals surface area contributed by atoms with Crippen LogP contribution in [0, 0.1) is 0 Å². The number of benzene rings is 1. The molecule has 3 nitrogen and oxygen atoms in total. The first kappa shape index (κ1) is 14.8. The van der Waals surface area contributed by atoms with Crippen molar-refractivity contribution in [2.75, 3.05) is 7.11 Å². The van der Waals surface area contributed by atoms with Crippen molar-refractivity contribution in [3.8, 4) is 5.75 Å². The van der Waals surface area contributed by atoms with Gasteiger partial charge in [0.1, 0.15) is 11.3 Å². The highest BCUT2D eigenvalue weighted by molar-refractivity contribution is 5.88. The van der Waals surface area contributed by atoms with Gasteiger partial charge in [0, 0.05) is 22.0 Å². The van der Waals surface area contributed by atoms with Crippen molar-refractivity contribution in [2.24, 2.45) is 5.73 Å². The van der Waals surface area contributed by atoms with Crippen molar-refractivity contribution < 1.29 is 4.74 Å². The van der Waals surface area contributed by atoms with Crippen molar-refractivity contribution in [3.05, 3.63) is 35.5 Å². The Morgan fingerprint density at radius 3 is 2.25 bits per heavy atom. The van der Waals surface area contributed by atoms with E-state index in [1.165, 1.54) is 0 Å². The van der Waals surface area contributed by atoms with E-state index < -0.39 is 5.54 Å². The van der Waals surface area contributed by atoms with Gasteiger partial charge in [-0.2, -0.15) is 0 Å². The summed E-state index contributed by atoms with van der Waals surface area (Å²) in [6, 6.07) is 8.10. The first-order valence-corrected chi connectivity index (χ1v) is 6.92. The van der Waals surface area contributed by atoms with Crippen molar-refractivity contribution in [1.29, 1.82) is 0 Å². The SMILES string of the molecule is COc1cccc2c(C(C)(C)N)cc(C(C)(C)C)nc12. The maximum absolute atomic E-state index is 6.36. The summed E-state index contributed by atoms with van der Waals surface area (Å²) in [6.45, 7) is 10.5. The summed E-state index contributed by atoms with van der Waals surface area (Å²) in [5, 5.41) is 1.06. The smallest absolute Gasteiger partial charge is 0.145 e. The van der Waals surface area contributed by atoms with Gasteiger partial charge in [0.2, 0.25) is 0 Å². The predicted octanol–water partition coefficient (Wildman–Crippen LogP) is 3.73. The molecule has 2 rings (SSSR count). The number of rotatable bonds is 2. The number of pyridine rings is 1. The second-order valence-electron chi connectivity index (χ2n) is 6.88. The molecule has 0 saturated carbocycles. The summed E-state index contributed by atoms with van der Waals surface area (Å²) in [5.74, 6) is 0.791. The summed E-state index contributed by atoms with van der Waals surface area (Å²) in [7, 11) is 1.67. The lowest BCUT2D eigenvalue weighted by molar-refractivity contribution is 0.418. The molecule has 0 atom stereocenters. The number of nitrogens with two attached hydrogens (primary N) is 1. The van der Waals surface area contributed by atoms with Gasteiger partial charge in [0.15, 0.2) is 0 Å². The molecule has 0 fully saturated rings. The lowest BCUT2D eigenvalue weighted by Gasteiger charge is -2.26. The summed E-state index contributed by atoms with van der Waals surface area (Å²) in [4.78, 5) is 4.81. The lowest BCUT2D eigenvalue weighted by Crippen LogP contribution is -2.30. The monoisotopic (exact) mass is 272 g/mol. The van der Waals surface area contributed by atoms with Crippen LogP contribution in [0.4, 0.5) is 0 Å². The predicted molar refractivity (Wildman–Crippen MR) is 84.2 cm³/mol. The number of aromatic nitrogens is 1. The van der Waals surface area contributed by atoms with E-state index in [0.717, 1.165) is 27.9 Å². The molecule has 0 radical (unpaired) electrons. The fourth-order valence-corrected chi connectivity index (χ4v) is 2.30. The molecule has 0 spiro atoms. The average molecular weight is 272 g/mol. The van der Waals surface area contributed by atoms with E-state index in [0.29, 0.717) is 0 Å². The molecule has 0 unspecified atom stereocenters. The van der Waals surface area contributed by atoms with Crippen molar-refractivity contribution in [2.45, 2.75) is 45.6 Å². The van der Waals surface area contributed by atoms with Crippen LogP contribution in [0.1, 0.15) is 45.9 Å². The molecule has 1 aromatic heterocycles. The van der Waals surface area contributed by atoms with Gasteiger partial charge >= 0.3 is 0 Å². The van der Waals surface area contributed by atoms with E-state index in [1.54, 1.807) is 7.11 Å². The highest BCUT2D eigenvalue weighted by atomic mass is 16.5. The van der Waals surface area contributed by atoms with Crippen molar-refractivity contribution >= 4 is 10.9 Å². The molecule has 2 N–H and O–H groups in total. The number of para-hydroxylation sites is 1. The minimum atomic E-state index is -0.423. The number of fused-ring (bicyclic) bond motifs is 1. The van der Waals surface area contributed by atoms with E-state index >= 15 is 0 Å². The van der Waals surface area contributed by atoms with Crippen LogP contribution in [-0.2, 0) is 11.0 Å². The van der Waals surface area contributed by atoms with Crippen LogP contribution in [0.3, 0.4) is 0 Å². The largest absolute Gasteiger partial charge is 0.494 e. The minimum Gasteiger partial charge on any atom is -0.494 e. The van der Waals surface area contributed by atoms with Gasteiger partial charge < -0.3 is 10.5 Å². The summed E-state index contributed by atoms with van der Waals surface area (Å²) < 4.78 is 5.46. The van der Waals surface area contributed by atoms with Gasteiger partial charge in [0.25, 0.3) is 0 Å². The highest BCUT2D eigenvalue weighted by Gasteiger charge is 2.24. The Morgan fingerprint density at radius 1 is 1.10 bits per heavy atom.